The van der Waals surface area contributed by atoms with Gasteiger partial charge in [-0.05, 0) is 73.4 Å². The normalized spacial score (nSPS) is 10.9. The summed E-state index contributed by atoms with van der Waals surface area (Å²) >= 11 is 0. The van der Waals surface area contributed by atoms with Gasteiger partial charge in [0.05, 0.1) is 0 Å². The molecule has 30 heavy (non-hydrogen) atoms. The lowest BCUT2D eigenvalue weighted by Crippen LogP contribution is -2.13. The van der Waals surface area contributed by atoms with E-state index in [-0.39, 0.29) is 5.57 Å². The van der Waals surface area contributed by atoms with Crippen LogP contribution in [0.15, 0.2) is 72.3 Å². The summed E-state index contributed by atoms with van der Waals surface area (Å²) < 4.78 is 5.94. The number of carbonyl (C=O) groups is 1. The van der Waals surface area contributed by atoms with Gasteiger partial charge >= 0.3 is 0 Å². The van der Waals surface area contributed by atoms with Crippen LogP contribution < -0.4 is 10.1 Å². The van der Waals surface area contributed by atoms with Crippen molar-refractivity contribution in [2.24, 2.45) is 0 Å². The van der Waals surface area contributed by atoms with E-state index < -0.39 is 5.91 Å². The minimum absolute atomic E-state index is 0.0402. The maximum absolute atomic E-state index is 12.3. The predicted octanol–water partition coefficient (Wildman–Crippen LogP) is 5.74. The first-order valence-corrected chi connectivity index (χ1v) is 9.74. The SMILES string of the molecule is Cc1cc(C)c(COc2ccc(/C=C(\C#N)C(=O)Nc3ccccc3)cc2)c(C)c1. The fourth-order valence-corrected chi connectivity index (χ4v) is 3.29. The van der Waals surface area contributed by atoms with Crippen LogP contribution in [0.4, 0.5) is 5.69 Å². The average Bonchev–Trinajstić information content (AvgIpc) is 2.73. The average molecular weight is 396 g/mol. The smallest absolute Gasteiger partial charge is 0.266 e. The topological polar surface area (TPSA) is 62.1 Å². The molecule has 0 heterocycles. The third-order valence-corrected chi connectivity index (χ3v) is 4.81. The van der Waals surface area contributed by atoms with Crippen molar-refractivity contribution in [2.45, 2.75) is 27.4 Å². The molecule has 0 aromatic heterocycles. The Morgan fingerprint density at radius 2 is 1.63 bits per heavy atom. The van der Waals surface area contributed by atoms with Crippen molar-refractivity contribution in [2.75, 3.05) is 5.32 Å². The molecule has 3 rings (SSSR count). The highest BCUT2D eigenvalue weighted by atomic mass is 16.5. The van der Waals surface area contributed by atoms with Crippen molar-refractivity contribution in [3.05, 3.63) is 100 Å². The molecule has 4 nitrogen and oxygen atoms in total. The molecule has 0 aliphatic heterocycles. The van der Waals surface area contributed by atoms with Crippen LogP contribution in [0, 0.1) is 32.1 Å². The van der Waals surface area contributed by atoms with E-state index in [1.807, 2.05) is 48.5 Å². The molecule has 4 heteroatoms. The molecule has 0 saturated carbocycles. The number of hydrogen-bond acceptors (Lipinski definition) is 3. The Hall–Kier alpha value is -3.84. The van der Waals surface area contributed by atoms with E-state index in [0.717, 1.165) is 11.3 Å². The van der Waals surface area contributed by atoms with Gasteiger partial charge in [-0.25, -0.2) is 0 Å². The van der Waals surface area contributed by atoms with Crippen molar-refractivity contribution in [3.8, 4) is 11.8 Å². The quantitative estimate of drug-likeness (QED) is 0.427. The van der Waals surface area contributed by atoms with Crippen LogP contribution in [0.1, 0.15) is 27.8 Å². The van der Waals surface area contributed by atoms with E-state index in [0.29, 0.717) is 12.3 Å². The molecule has 0 radical (unpaired) electrons. The van der Waals surface area contributed by atoms with Crippen molar-refractivity contribution < 1.29 is 9.53 Å². The van der Waals surface area contributed by atoms with Gasteiger partial charge in [-0.2, -0.15) is 5.26 Å². The van der Waals surface area contributed by atoms with Gasteiger partial charge in [0.1, 0.15) is 24.0 Å². The molecular formula is C26H24N2O2. The summed E-state index contributed by atoms with van der Waals surface area (Å²) in [6, 6.07) is 22.7. The largest absolute Gasteiger partial charge is 0.489 e. The third-order valence-electron chi connectivity index (χ3n) is 4.81. The van der Waals surface area contributed by atoms with Gasteiger partial charge in [0.15, 0.2) is 0 Å². The number of ether oxygens (including phenoxy) is 1. The monoisotopic (exact) mass is 396 g/mol. The summed E-state index contributed by atoms with van der Waals surface area (Å²) in [4.78, 5) is 12.3. The Labute approximate surface area is 177 Å². The van der Waals surface area contributed by atoms with Crippen molar-refractivity contribution in [3.63, 3.8) is 0 Å². The molecule has 0 spiro atoms. The standard InChI is InChI=1S/C26H24N2O2/c1-18-13-19(2)25(20(3)14-18)17-30-24-11-9-21(10-12-24)15-22(16-27)26(29)28-23-7-5-4-6-8-23/h4-15H,17H2,1-3H3,(H,28,29)/b22-15+. The van der Waals surface area contributed by atoms with Crippen LogP contribution in [-0.2, 0) is 11.4 Å². The first-order chi connectivity index (χ1) is 14.5. The zero-order valence-electron chi connectivity index (χ0n) is 17.4. The van der Waals surface area contributed by atoms with Gasteiger partial charge < -0.3 is 10.1 Å². The van der Waals surface area contributed by atoms with Gasteiger partial charge in [0.2, 0.25) is 0 Å². The Morgan fingerprint density at radius 1 is 1.00 bits per heavy atom. The molecule has 0 aliphatic carbocycles. The van der Waals surface area contributed by atoms with Gasteiger partial charge in [-0.15, -0.1) is 0 Å². The summed E-state index contributed by atoms with van der Waals surface area (Å²) in [7, 11) is 0. The van der Waals surface area contributed by atoms with Gasteiger partial charge in [0, 0.05) is 5.69 Å². The maximum atomic E-state index is 12.3. The van der Waals surface area contributed by atoms with Crippen molar-refractivity contribution in [1.82, 2.24) is 0 Å². The van der Waals surface area contributed by atoms with Crippen LogP contribution in [0.2, 0.25) is 0 Å². The fourth-order valence-electron chi connectivity index (χ4n) is 3.29. The molecule has 3 aromatic rings. The molecule has 0 bridgehead atoms. The summed E-state index contributed by atoms with van der Waals surface area (Å²) in [6.07, 6.45) is 1.57. The second kappa shape index (κ2) is 9.58. The first-order valence-electron chi connectivity index (χ1n) is 9.74. The second-order valence-corrected chi connectivity index (χ2v) is 7.22. The Balaban J connectivity index is 1.67. The number of nitriles is 1. The van der Waals surface area contributed by atoms with Crippen LogP contribution in [-0.4, -0.2) is 5.91 Å². The van der Waals surface area contributed by atoms with E-state index in [1.165, 1.54) is 22.3 Å². The third kappa shape index (κ3) is 5.36. The minimum atomic E-state index is -0.436. The summed E-state index contributed by atoms with van der Waals surface area (Å²) in [5.74, 6) is 0.299. The Bertz CT molecular complexity index is 1090. The van der Waals surface area contributed by atoms with Crippen molar-refractivity contribution >= 4 is 17.7 Å². The molecular weight excluding hydrogens is 372 g/mol. The van der Waals surface area contributed by atoms with E-state index in [9.17, 15) is 10.1 Å². The van der Waals surface area contributed by atoms with E-state index in [2.05, 4.69) is 38.2 Å². The number of amides is 1. The predicted molar refractivity (Wildman–Crippen MR) is 120 cm³/mol. The zero-order chi connectivity index (χ0) is 21.5. The maximum Gasteiger partial charge on any atom is 0.266 e. The lowest BCUT2D eigenvalue weighted by molar-refractivity contribution is -0.112. The molecule has 150 valence electrons. The summed E-state index contributed by atoms with van der Waals surface area (Å²) in [5.41, 5.74) is 6.31. The van der Waals surface area contributed by atoms with Gasteiger partial charge in [-0.1, -0.05) is 48.0 Å². The summed E-state index contributed by atoms with van der Waals surface area (Å²) in [5, 5.41) is 12.1. The number of hydrogen-bond donors (Lipinski definition) is 1. The number of para-hydroxylation sites is 1. The van der Waals surface area contributed by atoms with Gasteiger partial charge in [0.25, 0.3) is 5.91 Å². The second-order valence-electron chi connectivity index (χ2n) is 7.22. The molecule has 0 fully saturated rings. The molecule has 0 unspecified atom stereocenters. The lowest BCUT2D eigenvalue weighted by Gasteiger charge is -2.13. The number of nitrogens with zero attached hydrogens (tertiary/aromatic N) is 1. The number of carbonyl (C=O) groups excluding carboxylic acids is 1. The van der Waals surface area contributed by atoms with E-state index in [4.69, 9.17) is 4.74 Å². The molecule has 3 aromatic carbocycles. The van der Waals surface area contributed by atoms with E-state index in [1.54, 1.807) is 18.2 Å². The van der Waals surface area contributed by atoms with Crippen LogP contribution in [0.3, 0.4) is 0 Å². The summed E-state index contributed by atoms with van der Waals surface area (Å²) in [6.45, 7) is 6.77. The number of aryl methyl sites for hydroxylation is 3. The van der Waals surface area contributed by atoms with Gasteiger partial charge in [-0.3, -0.25) is 4.79 Å². The number of nitrogens with one attached hydrogen (secondary N) is 1. The molecule has 0 saturated heterocycles. The highest BCUT2D eigenvalue weighted by Crippen LogP contribution is 2.21. The highest BCUT2D eigenvalue weighted by molar-refractivity contribution is 6.09. The number of rotatable bonds is 6. The van der Waals surface area contributed by atoms with Crippen LogP contribution in [0.25, 0.3) is 6.08 Å². The van der Waals surface area contributed by atoms with Crippen LogP contribution >= 0.6 is 0 Å². The fraction of sp³-hybridized carbons (Fsp3) is 0.154. The zero-order valence-corrected chi connectivity index (χ0v) is 17.4. The van der Waals surface area contributed by atoms with Crippen LogP contribution in [0.5, 0.6) is 5.75 Å². The van der Waals surface area contributed by atoms with E-state index >= 15 is 0 Å². The Kier molecular flexibility index (Phi) is 6.67. The highest BCUT2D eigenvalue weighted by Gasteiger charge is 2.10. The number of benzene rings is 3. The van der Waals surface area contributed by atoms with Crippen molar-refractivity contribution in [1.29, 1.82) is 5.26 Å². The Morgan fingerprint density at radius 3 is 2.23 bits per heavy atom. The molecule has 1 amide bonds. The lowest BCUT2D eigenvalue weighted by atomic mass is 10.0. The first kappa shape index (κ1) is 20.9. The minimum Gasteiger partial charge on any atom is -0.489 e. The number of anilines is 1. The molecule has 0 atom stereocenters. The molecule has 0 aliphatic rings. The molecule has 1 N–H and O–H groups in total.